The average Bonchev–Trinajstić information content (AvgIpc) is 3.12. The van der Waals surface area contributed by atoms with Gasteiger partial charge >= 0.3 is 5.97 Å². The summed E-state index contributed by atoms with van der Waals surface area (Å²) >= 11 is 0. The normalized spacial score (nSPS) is 37.2. The minimum Gasteiger partial charge on any atom is -0.458 e. The van der Waals surface area contributed by atoms with Crippen LogP contribution in [0.15, 0.2) is 53.6 Å². The molecule has 33 heavy (non-hydrogen) atoms. The van der Waals surface area contributed by atoms with Gasteiger partial charge in [0.2, 0.25) is 0 Å². The Morgan fingerprint density at radius 1 is 1.09 bits per heavy atom. The Labute approximate surface area is 196 Å². The molecule has 0 aromatic heterocycles. The van der Waals surface area contributed by atoms with Crippen LogP contribution >= 0.6 is 0 Å². The molecular formula is C29H34O4. The second-order valence-electron chi connectivity index (χ2n) is 11.1. The highest BCUT2D eigenvalue weighted by Crippen LogP contribution is 2.67. The van der Waals surface area contributed by atoms with Crippen molar-refractivity contribution in [1.29, 1.82) is 0 Å². The molecule has 1 aromatic carbocycles. The zero-order valence-corrected chi connectivity index (χ0v) is 19.9. The molecule has 5 rings (SSSR count). The van der Waals surface area contributed by atoms with Gasteiger partial charge in [0.15, 0.2) is 11.6 Å². The van der Waals surface area contributed by atoms with Crippen molar-refractivity contribution >= 4 is 17.5 Å². The molecule has 4 aliphatic rings. The van der Waals surface area contributed by atoms with Gasteiger partial charge in [0.05, 0.1) is 0 Å². The highest BCUT2D eigenvalue weighted by Gasteiger charge is 2.60. The number of carbonyl (C=O) groups is 3. The smallest absolute Gasteiger partial charge is 0.303 e. The Hall–Kier alpha value is -2.49. The molecule has 1 aromatic rings. The molecule has 2 fully saturated rings. The van der Waals surface area contributed by atoms with Crippen LogP contribution in [0.5, 0.6) is 0 Å². The van der Waals surface area contributed by atoms with E-state index in [1.165, 1.54) is 23.6 Å². The fraction of sp³-hybridized carbons (Fsp3) is 0.552. The van der Waals surface area contributed by atoms with Gasteiger partial charge in [-0.05, 0) is 66.9 Å². The van der Waals surface area contributed by atoms with Crippen molar-refractivity contribution in [2.45, 2.75) is 65.2 Å². The van der Waals surface area contributed by atoms with Crippen molar-refractivity contribution in [3.63, 3.8) is 0 Å². The largest absolute Gasteiger partial charge is 0.458 e. The molecule has 0 saturated heterocycles. The van der Waals surface area contributed by atoms with Gasteiger partial charge in [-0.2, -0.15) is 0 Å². The summed E-state index contributed by atoms with van der Waals surface area (Å²) in [6.07, 6.45) is 9.73. The van der Waals surface area contributed by atoms with Crippen LogP contribution in [-0.2, 0) is 19.1 Å². The van der Waals surface area contributed by atoms with Crippen LogP contribution in [-0.4, -0.2) is 24.1 Å². The second kappa shape index (κ2) is 8.07. The van der Waals surface area contributed by atoms with E-state index in [-0.39, 0.29) is 40.8 Å². The third kappa shape index (κ3) is 3.53. The maximum absolute atomic E-state index is 13.5. The monoisotopic (exact) mass is 446 g/mol. The zero-order valence-electron chi connectivity index (χ0n) is 19.9. The molecule has 174 valence electrons. The lowest BCUT2D eigenvalue weighted by Gasteiger charge is -2.53. The lowest BCUT2D eigenvalue weighted by atomic mass is 9.51. The van der Waals surface area contributed by atoms with Crippen LogP contribution in [0.25, 0.3) is 0 Å². The van der Waals surface area contributed by atoms with Crippen LogP contribution in [0.4, 0.5) is 0 Å². The summed E-state index contributed by atoms with van der Waals surface area (Å²) in [5, 5.41) is 0. The molecule has 0 bridgehead atoms. The Bertz CT molecular complexity index is 1050. The molecule has 4 heteroatoms. The summed E-state index contributed by atoms with van der Waals surface area (Å²) < 4.78 is 5.19. The van der Waals surface area contributed by atoms with Crippen molar-refractivity contribution in [2.75, 3.05) is 6.61 Å². The topological polar surface area (TPSA) is 60.4 Å². The molecule has 4 aliphatic carbocycles. The van der Waals surface area contributed by atoms with E-state index in [0.29, 0.717) is 18.3 Å². The Kier molecular flexibility index (Phi) is 5.46. The molecule has 6 atom stereocenters. The molecule has 2 unspecified atom stereocenters. The van der Waals surface area contributed by atoms with E-state index in [4.69, 9.17) is 4.74 Å². The van der Waals surface area contributed by atoms with Crippen molar-refractivity contribution in [2.24, 2.45) is 28.6 Å². The molecule has 0 amide bonds. The second-order valence-corrected chi connectivity index (χ2v) is 11.1. The summed E-state index contributed by atoms with van der Waals surface area (Å²) in [5.41, 5.74) is 3.86. The number of ether oxygens (including phenoxy) is 1. The minimum absolute atomic E-state index is 0.0137. The maximum atomic E-state index is 13.5. The van der Waals surface area contributed by atoms with Gasteiger partial charge in [-0.25, -0.2) is 0 Å². The number of carbonyl (C=O) groups excluding carboxylic acids is 3. The van der Waals surface area contributed by atoms with Gasteiger partial charge in [-0.3, -0.25) is 14.4 Å². The number of benzene rings is 1. The molecule has 4 nitrogen and oxygen atoms in total. The molecule has 0 heterocycles. The Morgan fingerprint density at radius 2 is 1.85 bits per heavy atom. The van der Waals surface area contributed by atoms with E-state index in [1.54, 1.807) is 0 Å². The number of Topliss-reactive ketones (excluding diaryl/α,β-unsaturated/α-hetero) is 1. The molecule has 2 saturated carbocycles. The predicted molar refractivity (Wildman–Crippen MR) is 126 cm³/mol. The number of fused-ring (bicyclic) bond motifs is 5. The highest BCUT2D eigenvalue weighted by atomic mass is 16.5. The zero-order chi connectivity index (χ0) is 23.4. The SMILES string of the molecule is CC(=O)OCC(=O)[C@H]1[C@H](c2ccccc2)CC2C3CCC4=CC(=O)CC[C@]4(C)C3=CC[C@@]21C. The summed E-state index contributed by atoms with van der Waals surface area (Å²) in [4.78, 5) is 37.1. The average molecular weight is 447 g/mol. The van der Waals surface area contributed by atoms with Crippen LogP contribution in [0, 0.1) is 28.6 Å². The van der Waals surface area contributed by atoms with Crippen LogP contribution < -0.4 is 0 Å². The summed E-state index contributed by atoms with van der Waals surface area (Å²) in [6, 6.07) is 10.4. The van der Waals surface area contributed by atoms with Gasteiger partial charge in [0.25, 0.3) is 0 Å². The van der Waals surface area contributed by atoms with E-state index in [9.17, 15) is 14.4 Å². The van der Waals surface area contributed by atoms with Crippen molar-refractivity contribution in [3.8, 4) is 0 Å². The third-order valence-electron chi connectivity index (χ3n) is 9.38. The van der Waals surface area contributed by atoms with E-state index < -0.39 is 5.97 Å². The third-order valence-corrected chi connectivity index (χ3v) is 9.38. The first kappa shape index (κ1) is 22.3. The van der Waals surface area contributed by atoms with Crippen molar-refractivity contribution < 1.29 is 19.1 Å². The highest BCUT2D eigenvalue weighted by molar-refractivity contribution is 5.92. The van der Waals surface area contributed by atoms with E-state index in [1.807, 2.05) is 12.1 Å². The fourth-order valence-corrected chi connectivity index (χ4v) is 7.79. The minimum atomic E-state index is -0.406. The summed E-state index contributed by atoms with van der Waals surface area (Å²) in [5.74, 6) is 0.725. The number of hydrogen-bond acceptors (Lipinski definition) is 4. The summed E-state index contributed by atoms with van der Waals surface area (Å²) in [7, 11) is 0. The van der Waals surface area contributed by atoms with Crippen molar-refractivity contribution in [1.82, 2.24) is 0 Å². The molecule has 0 radical (unpaired) electrons. The lowest BCUT2D eigenvalue weighted by Crippen LogP contribution is -2.46. The van der Waals surface area contributed by atoms with Gasteiger partial charge in [-0.1, -0.05) is 61.4 Å². The lowest BCUT2D eigenvalue weighted by molar-refractivity contribution is -0.148. The number of allylic oxidation sites excluding steroid dienone is 4. The molecule has 0 spiro atoms. The summed E-state index contributed by atoms with van der Waals surface area (Å²) in [6.45, 7) is 5.85. The van der Waals surface area contributed by atoms with E-state index in [2.05, 4.69) is 44.2 Å². The Morgan fingerprint density at radius 3 is 2.58 bits per heavy atom. The predicted octanol–water partition coefficient (Wildman–Crippen LogP) is 5.58. The van der Waals surface area contributed by atoms with Crippen LogP contribution in [0.2, 0.25) is 0 Å². The number of hydrogen-bond donors (Lipinski definition) is 0. The van der Waals surface area contributed by atoms with Gasteiger partial charge in [0, 0.05) is 24.7 Å². The van der Waals surface area contributed by atoms with Gasteiger partial charge in [0.1, 0.15) is 6.61 Å². The van der Waals surface area contributed by atoms with Crippen LogP contribution in [0.3, 0.4) is 0 Å². The van der Waals surface area contributed by atoms with Crippen molar-refractivity contribution in [3.05, 3.63) is 59.2 Å². The first-order chi connectivity index (χ1) is 15.7. The number of ketones is 2. The van der Waals surface area contributed by atoms with E-state index in [0.717, 1.165) is 32.1 Å². The Balaban J connectivity index is 1.54. The van der Waals surface area contributed by atoms with Crippen LogP contribution in [0.1, 0.15) is 70.8 Å². The first-order valence-corrected chi connectivity index (χ1v) is 12.4. The maximum Gasteiger partial charge on any atom is 0.303 e. The number of esters is 1. The molecular weight excluding hydrogens is 412 g/mol. The molecule has 0 N–H and O–H groups in total. The quantitative estimate of drug-likeness (QED) is 0.447. The number of rotatable bonds is 4. The van der Waals surface area contributed by atoms with Gasteiger partial charge in [-0.15, -0.1) is 0 Å². The first-order valence-electron chi connectivity index (χ1n) is 12.4. The van der Waals surface area contributed by atoms with E-state index >= 15 is 0 Å². The standard InChI is InChI=1S/C29H34O4/c1-18(30)33-17-26(32)27-23(19-7-5-4-6-8-19)16-25-22-10-9-20-15-21(31)11-13-28(20,2)24(22)12-14-29(25,27)3/h4-8,12,15,22-23,25,27H,9-11,13-14,16-17H2,1-3H3/t22?,23-,25?,27+,28-,29-/m0/s1. The fourth-order valence-electron chi connectivity index (χ4n) is 7.79. The van der Waals surface area contributed by atoms with Gasteiger partial charge < -0.3 is 4.74 Å². The molecule has 0 aliphatic heterocycles.